The van der Waals surface area contributed by atoms with E-state index in [1.54, 1.807) is 25.1 Å². The van der Waals surface area contributed by atoms with Crippen LogP contribution < -0.4 is 0 Å². The third-order valence-electron chi connectivity index (χ3n) is 7.34. The average Bonchev–Trinajstić information content (AvgIpc) is 3.22. The van der Waals surface area contributed by atoms with Gasteiger partial charge in [0, 0.05) is 56.4 Å². The zero-order valence-electron chi connectivity index (χ0n) is 20.8. The van der Waals surface area contributed by atoms with Crippen LogP contribution in [0.25, 0.3) is 11.0 Å². The number of benzene rings is 1. The fraction of sp³-hybridized carbons (Fsp3) is 0.407. The maximum atomic E-state index is 13.7. The number of hydrogen-bond donors (Lipinski definition) is 1. The smallest absolute Gasteiger partial charge is 0.295 e. The van der Waals surface area contributed by atoms with Crippen molar-refractivity contribution in [2.45, 2.75) is 45.8 Å². The van der Waals surface area contributed by atoms with Crippen LogP contribution in [0.2, 0.25) is 0 Å². The number of fused-ring (bicyclic) bond motifs is 1. The third-order valence-corrected chi connectivity index (χ3v) is 7.34. The normalized spacial score (nSPS) is 20.4. The number of nitrogens with one attached hydrogen (secondary N) is 1. The zero-order valence-corrected chi connectivity index (χ0v) is 20.8. The number of amides is 2. The van der Waals surface area contributed by atoms with Crippen LogP contribution in [0.1, 0.15) is 52.2 Å². The molecular formula is C27H30FN5O3. The molecule has 0 unspecified atom stereocenters. The first kappa shape index (κ1) is 24.1. The fourth-order valence-corrected chi connectivity index (χ4v) is 5.00. The van der Waals surface area contributed by atoms with E-state index in [1.165, 1.54) is 23.2 Å². The Kier molecular flexibility index (Phi) is 6.34. The van der Waals surface area contributed by atoms with Crippen molar-refractivity contribution in [1.29, 1.82) is 0 Å². The molecule has 4 heterocycles. The molecule has 2 amide bonds. The number of aryl methyl sites for hydroxylation is 1. The molecule has 2 atom stereocenters. The van der Waals surface area contributed by atoms with Gasteiger partial charge < -0.3 is 14.8 Å². The highest BCUT2D eigenvalue weighted by molar-refractivity contribution is 6.45. The van der Waals surface area contributed by atoms with Gasteiger partial charge in [-0.15, -0.1) is 0 Å². The lowest BCUT2D eigenvalue weighted by molar-refractivity contribution is -0.129. The molecule has 5 rings (SSSR count). The molecule has 9 heteroatoms. The summed E-state index contributed by atoms with van der Waals surface area (Å²) < 4.78 is 13.3. The largest absolute Gasteiger partial charge is 0.345 e. The van der Waals surface area contributed by atoms with Crippen molar-refractivity contribution in [2.75, 3.05) is 26.2 Å². The predicted octanol–water partition coefficient (Wildman–Crippen LogP) is 3.16. The molecule has 3 aromatic rings. The van der Waals surface area contributed by atoms with Crippen molar-refractivity contribution in [2.24, 2.45) is 0 Å². The number of pyridine rings is 1. The molecule has 1 N–H and O–H groups in total. The van der Waals surface area contributed by atoms with E-state index >= 15 is 0 Å². The van der Waals surface area contributed by atoms with Gasteiger partial charge in [-0.1, -0.05) is 12.1 Å². The van der Waals surface area contributed by atoms with Gasteiger partial charge in [0.15, 0.2) is 0 Å². The summed E-state index contributed by atoms with van der Waals surface area (Å²) in [6, 6.07) is 8.25. The maximum Gasteiger partial charge on any atom is 0.295 e. The van der Waals surface area contributed by atoms with Crippen molar-refractivity contribution in [1.82, 2.24) is 24.7 Å². The van der Waals surface area contributed by atoms with E-state index in [4.69, 9.17) is 0 Å². The molecule has 2 aliphatic heterocycles. The van der Waals surface area contributed by atoms with Crippen LogP contribution in [0, 0.1) is 12.7 Å². The van der Waals surface area contributed by atoms with Gasteiger partial charge in [0.05, 0.1) is 16.8 Å². The number of rotatable bonds is 5. The van der Waals surface area contributed by atoms with Crippen molar-refractivity contribution < 1.29 is 18.8 Å². The number of hydrogen-bond acceptors (Lipinski definition) is 5. The molecule has 0 saturated carbocycles. The van der Waals surface area contributed by atoms with Crippen LogP contribution in [-0.2, 0) is 11.3 Å². The molecule has 2 aromatic heterocycles. The Labute approximate surface area is 209 Å². The Morgan fingerprint density at radius 1 is 1.06 bits per heavy atom. The van der Waals surface area contributed by atoms with E-state index in [0.717, 1.165) is 12.0 Å². The molecule has 0 aliphatic carbocycles. The fourth-order valence-electron chi connectivity index (χ4n) is 5.00. The van der Waals surface area contributed by atoms with Crippen LogP contribution in [0.3, 0.4) is 0 Å². The number of H-pyrrole nitrogens is 1. The highest BCUT2D eigenvalue weighted by Crippen LogP contribution is 2.26. The summed E-state index contributed by atoms with van der Waals surface area (Å²) in [5.41, 5.74) is 2.75. The van der Waals surface area contributed by atoms with Crippen molar-refractivity contribution >= 4 is 28.6 Å². The summed E-state index contributed by atoms with van der Waals surface area (Å²) in [6.45, 7) is 8.95. The Balaban J connectivity index is 1.36. The lowest BCUT2D eigenvalue weighted by Gasteiger charge is -2.44. The second-order valence-corrected chi connectivity index (χ2v) is 9.91. The monoisotopic (exact) mass is 491 g/mol. The second-order valence-electron chi connectivity index (χ2n) is 9.91. The Morgan fingerprint density at radius 3 is 2.44 bits per heavy atom. The molecule has 188 valence electrons. The number of Topliss-reactive ketones (excluding diaryl/α,β-unsaturated/α-hetero) is 1. The molecule has 0 spiro atoms. The molecule has 36 heavy (non-hydrogen) atoms. The second kappa shape index (κ2) is 9.46. The number of nitrogens with zero attached hydrogens (tertiary/aromatic N) is 4. The Bertz CT molecular complexity index is 1330. The van der Waals surface area contributed by atoms with Gasteiger partial charge in [-0.2, -0.15) is 0 Å². The quantitative estimate of drug-likeness (QED) is 0.438. The van der Waals surface area contributed by atoms with E-state index in [9.17, 15) is 18.8 Å². The maximum absolute atomic E-state index is 13.7. The summed E-state index contributed by atoms with van der Waals surface area (Å²) in [6.07, 6.45) is 2.41. The average molecular weight is 492 g/mol. The summed E-state index contributed by atoms with van der Waals surface area (Å²) in [7, 11) is 0. The highest BCUT2D eigenvalue weighted by Gasteiger charge is 2.34. The van der Waals surface area contributed by atoms with Crippen LogP contribution >= 0.6 is 0 Å². The molecule has 0 bridgehead atoms. The van der Waals surface area contributed by atoms with Crippen molar-refractivity contribution in [3.05, 3.63) is 64.7 Å². The molecular weight excluding hydrogens is 461 g/mol. The van der Waals surface area contributed by atoms with Crippen LogP contribution in [-0.4, -0.2) is 80.5 Å². The molecule has 1 aromatic carbocycles. The minimum Gasteiger partial charge on any atom is -0.345 e. The first-order valence-electron chi connectivity index (χ1n) is 12.3. The number of halogens is 1. The van der Waals surface area contributed by atoms with Gasteiger partial charge >= 0.3 is 0 Å². The van der Waals surface area contributed by atoms with E-state index in [-0.39, 0.29) is 29.4 Å². The number of aromatic amines is 1. The summed E-state index contributed by atoms with van der Waals surface area (Å²) in [5, 5.41) is 0.485. The molecule has 2 fully saturated rings. The SMILES string of the molecule is Cc1nc2[nH]cc(C(=O)C(=O)N3CCC3)c2cc1C(=O)N1C[C@H](C)N(Cc2ccc(F)cc2)C[C@H]1C. The lowest BCUT2D eigenvalue weighted by Crippen LogP contribution is -2.57. The first-order valence-corrected chi connectivity index (χ1v) is 12.3. The predicted molar refractivity (Wildman–Crippen MR) is 133 cm³/mol. The molecule has 2 aliphatic rings. The van der Waals surface area contributed by atoms with Gasteiger partial charge in [0.25, 0.3) is 17.6 Å². The summed E-state index contributed by atoms with van der Waals surface area (Å²) >= 11 is 0. The van der Waals surface area contributed by atoms with E-state index < -0.39 is 11.7 Å². The summed E-state index contributed by atoms with van der Waals surface area (Å²) in [5.74, 6) is -1.50. The number of carbonyl (C=O) groups is 3. The Morgan fingerprint density at radius 2 is 1.78 bits per heavy atom. The number of aromatic nitrogens is 2. The number of piperazine rings is 1. The summed E-state index contributed by atoms with van der Waals surface area (Å²) in [4.78, 5) is 52.2. The van der Waals surface area contributed by atoms with Crippen molar-refractivity contribution in [3.8, 4) is 0 Å². The minimum absolute atomic E-state index is 0.0513. The molecule has 0 radical (unpaired) electrons. The third kappa shape index (κ3) is 4.39. The Hall–Kier alpha value is -3.59. The topological polar surface area (TPSA) is 89.6 Å². The van der Waals surface area contributed by atoms with E-state index in [0.29, 0.717) is 55.0 Å². The van der Waals surface area contributed by atoms with Gasteiger partial charge in [0.2, 0.25) is 0 Å². The number of ketones is 1. The minimum atomic E-state index is -0.582. The van der Waals surface area contributed by atoms with Gasteiger partial charge in [-0.05, 0) is 51.0 Å². The number of carbonyl (C=O) groups excluding carboxylic acids is 3. The zero-order chi connectivity index (χ0) is 25.6. The molecule has 8 nitrogen and oxygen atoms in total. The van der Waals surface area contributed by atoms with Crippen LogP contribution in [0.15, 0.2) is 36.5 Å². The molecule has 2 saturated heterocycles. The van der Waals surface area contributed by atoms with Gasteiger partial charge in [0.1, 0.15) is 11.5 Å². The van der Waals surface area contributed by atoms with E-state index in [2.05, 4.69) is 21.8 Å². The lowest BCUT2D eigenvalue weighted by atomic mass is 10.0. The van der Waals surface area contributed by atoms with Gasteiger partial charge in [-0.25, -0.2) is 9.37 Å². The van der Waals surface area contributed by atoms with Crippen LogP contribution in [0.4, 0.5) is 4.39 Å². The standard InChI is InChI=1S/C27H30FN5O3/c1-16-14-33(17(2)13-32(16)15-19-5-7-20(28)8-6-19)26(35)21-11-22-23(12-29-25(22)30-18(21)3)24(34)27(36)31-9-4-10-31/h5-8,11-12,16-17H,4,9-10,13-15H2,1-3H3,(H,29,30)/t16-,17+/m0/s1. The van der Waals surface area contributed by atoms with Crippen molar-refractivity contribution in [3.63, 3.8) is 0 Å². The van der Waals surface area contributed by atoms with E-state index in [1.807, 2.05) is 11.8 Å². The van der Waals surface area contributed by atoms with Gasteiger partial charge in [-0.3, -0.25) is 19.3 Å². The first-order chi connectivity index (χ1) is 17.2. The number of likely N-dealkylation sites (tertiary alicyclic amines) is 1. The van der Waals surface area contributed by atoms with Crippen LogP contribution in [0.5, 0.6) is 0 Å². The highest BCUT2D eigenvalue weighted by atomic mass is 19.1.